The predicted octanol–water partition coefficient (Wildman–Crippen LogP) is 4.48. The fourth-order valence-corrected chi connectivity index (χ4v) is 2.16. The molecule has 100 valence electrons. The van der Waals surface area contributed by atoms with Gasteiger partial charge < -0.3 is 5.32 Å². The molecule has 0 aromatic heterocycles. The molecule has 0 saturated carbocycles. The van der Waals surface area contributed by atoms with Gasteiger partial charge in [0.25, 0.3) is 0 Å². The quantitative estimate of drug-likeness (QED) is 0.612. The van der Waals surface area contributed by atoms with Gasteiger partial charge >= 0.3 is 5.69 Å². The zero-order valence-corrected chi connectivity index (χ0v) is 11.7. The van der Waals surface area contributed by atoms with Crippen molar-refractivity contribution in [2.45, 2.75) is 39.7 Å². The molecule has 0 radical (unpaired) electrons. The highest BCUT2D eigenvalue weighted by molar-refractivity contribution is 6.33. The lowest BCUT2D eigenvalue weighted by molar-refractivity contribution is -0.383. The first-order valence-corrected chi connectivity index (χ1v) is 6.52. The van der Waals surface area contributed by atoms with E-state index in [1.54, 1.807) is 12.1 Å². The first-order chi connectivity index (χ1) is 8.45. The van der Waals surface area contributed by atoms with Crippen LogP contribution < -0.4 is 5.32 Å². The fraction of sp³-hybridized carbons (Fsp3) is 0.538. The third kappa shape index (κ3) is 3.88. The second-order valence-corrected chi connectivity index (χ2v) is 5.09. The van der Waals surface area contributed by atoms with Gasteiger partial charge in [-0.15, -0.1) is 0 Å². The average molecular weight is 271 g/mol. The molecule has 2 atom stereocenters. The standard InChI is InChI=1S/C13H19ClN2O2/c1-4-9(2)8-10(3)15-12-7-5-6-11(14)13(12)16(17)18/h5-7,9-10,15H,4,8H2,1-3H3. The number of anilines is 1. The number of rotatable bonds is 6. The van der Waals surface area contributed by atoms with E-state index in [1.165, 1.54) is 6.07 Å². The molecule has 1 aromatic rings. The Morgan fingerprint density at radius 2 is 2.11 bits per heavy atom. The maximum Gasteiger partial charge on any atom is 0.310 e. The van der Waals surface area contributed by atoms with Crippen LogP contribution in [-0.4, -0.2) is 11.0 Å². The molecule has 0 fully saturated rings. The van der Waals surface area contributed by atoms with Gasteiger partial charge in [-0.1, -0.05) is 37.9 Å². The Morgan fingerprint density at radius 1 is 1.44 bits per heavy atom. The van der Waals surface area contributed by atoms with Crippen LogP contribution in [0.3, 0.4) is 0 Å². The van der Waals surface area contributed by atoms with Crippen LogP contribution in [0.1, 0.15) is 33.6 Å². The maximum absolute atomic E-state index is 11.0. The lowest BCUT2D eigenvalue weighted by Crippen LogP contribution is -2.19. The van der Waals surface area contributed by atoms with Crippen molar-refractivity contribution >= 4 is 23.0 Å². The molecule has 0 amide bonds. The van der Waals surface area contributed by atoms with Crippen molar-refractivity contribution in [3.05, 3.63) is 33.3 Å². The van der Waals surface area contributed by atoms with E-state index in [-0.39, 0.29) is 16.8 Å². The van der Waals surface area contributed by atoms with Gasteiger partial charge in [-0.25, -0.2) is 0 Å². The van der Waals surface area contributed by atoms with E-state index >= 15 is 0 Å². The molecular weight excluding hydrogens is 252 g/mol. The van der Waals surface area contributed by atoms with Crippen LogP contribution in [0.4, 0.5) is 11.4 Å². The Morgan fingerprint density at radius 3 is 2.67 bits per heavy atom. The van der Waals surface area contributed by atoms with E-state index in [2.05, 4.69) is 19.2 Å². The van der Waals surface area contributed by atoms with Crippen LogP contribution in [0.5, 0.6) is 0 Å². The van der Waals surface area contributed by atoms with E-state index in [0.29, 0.717) is 11.6 Å². The highest BCUT2D eigenvalue weighted by Crippen LogP contribution is 2.33. The molecular formula is C13H19ClN2O2. The minimum absolute atomic E-state index is 0.0461. The topological polar surface area (TPSA) is 55.2 Å². The third-order valence-corrected chi connectivity index (χ3v) is 3.33. The van der Waals surface area contributed by atoms with E-state index in [0.717, 1.165) is 12.8 Å². The summed E-state index contributed by atoms with van der Waals surface area (Å²) in [6, 6.07) is 5.12. The summed E-state index contributed by atoms with van der Waals surface area (Å²) in [6.07, 6.45) is 2.07. The molecule has 1 N–H and O–H groups in total. The zero-order chi connectivity index (χ0) is 13.7. The number of nitrogens with one attached hydrogen (secondary N) is 1. The van der Waals surface area contributed by atoms with Gasteiger partial charge in [-0.2, -0.15) is 0 Å². The zero-order valence-electron chi connectivity index (χ0n) is 10.9. The van der Waals surface area contributed by atoms with E-state index in [9.17, 15) is 10.1 Å². The van der Waals surface area contributed by atoms with Crippen molar-refractivity contribution in [3.63, 3.8) is 0 Å². The molecule has 18 heavy (non-hydrogen) atoms. The van der Waals surface area contributed by atoms with Crippen LogP contribution in [0.25, 0.3) is 0 Å². The second kappa shape index (κ2) is 6.59. The van der Waals surface area contributed by atoms with Crippen LogP contribution in [0.15, 0.2) is 18.2 Å². The molecule has 0 aliphatic rings. The summed E-state index contributed by atoms with van der Waals surface area (Å²) in [5.41, 5.74) is 0.443. The van der Waals surface area contributed by atoms with Crippen molar-refractivity contribution in [2.24, 2.45) is 5.92 Å². The molecule has 1 rings (SSSR count). The lowest BCUT2D eigenvalue weighted by Gasteiger charge is -2.18. The molecule has 0 bridgehead atoms. The Bertz CT molecular complexity index is 423. The smallest absolute Gasteiger partial charge is 0.310 e. The van der Waals surface area contributed by atoms with Gasteiger partial charge in [0.05, 0.1) is 4.92 Å². The van der Waals surface area contributed by atoms with Crippen molar-refractivity contribution in [1.82, 2.24) is 0 Å². The molecule has 0 spiro atoms. The number of benzene rings is 1. The van der Waals surface area contributed by atoms with Crippen LogP contribution in [-0.2, 0) is 0 Å². The summed E-state index contributed by atoms with van der Waals surface area (Å²) >= 11 is 5.86. The Balaban J connectivity index is 2.84. The summed E-state index contributed by atoms with van der Waals surface area (Å²) in [7, 11) is 0. The maximum atomic E-state index is 11.0. The number of nitro benzene ring substituents is 1. The van der Waals surface area contributed by atoms with Crippen LogP contribution in [0.2, 0.25) is 5.02 Å². The number of nitrogens with zero attached hydrogens (tertiary/aromatic N) is 1. The number of halogens is 1. The highest BCUT2D eigenvalue weighted by atomic mass is 35.5. The summed E-state index contributed by atoms with van der Waals surface area (Å²) in [5.74, 6) is 0.589. The minimum atomic E-state index is -0.444. The Labute approximate surface area is 112 Å². The van der Waals surface area contributed by atoms with Gasteiger partial charge in [-0.05, 0) is 31.4 Å². The number of nitro groups is 1. The van der Waals surface area contributed by atoms with Crippen molar-refractivity contribution in [2.75, 3.05) is 5.32 Å². The minimum Gasteiger partial charge on any atom is -0.377 e. The van der Waals surface area contributed by atoms with E-state index < -0.39 is 4.92 Å². The molecule has 4 nitrogen and oxygen atoms in total. The summed E-state index contributed by atoms with van der Waals surface area (Å²) < 4.78 is 0. The molecule has 5 heteroatoms. The van der Waals surface area contributed by atoms with E-state index in [1.807, 2.05) is 6.92 Å². The lowest BCUT2D eigenvalue weighted by atomic mass is 10.00. The number of hydrogen-bond acceptors (Lipinski definition) is 3. The van der Waals surface area contributed by atoms with Crippen molar-refractivity contribution < 1.29 is 4.92 Å². The van der Waals surface area contributed by atoms with Gasteiger partial charge in [0, 0.05) is 6.04 Å². The van der Waals surface area contributed by atoms with Crippen molar-refractivity contribution in [1.29, 1.82) is 0 Å². The molecule has 2 unspecified atom stereocenters. The molecule has 0 heterocycles. The molecule has 0 aliphatic heterocycles. The van der Waals surface area contributed by atoms with Crippen LogP contribution >= 0.6 is 11.6 Å². The number of para-hydroxylation sites is 1. The van der Waals surface area contributed by atoms with Crippen molar-refractivity contribution in [3.8, 4) is 0 Å². The Hall–Kier alpha value is -1.29. The fourth-order valence-electron chi connectivity index (χ4n) is 1.91. The predicted molar refractivity (Wildman–Crippen MR) is 75.3 cm³/mol. The van der Waals surface area contributed by atoms with Gasteiger partial charge in [0.1, 0.15) is 10.7 Å². The van der Waals surface area contributed by atoms with Gasteiger partial charge in [-0.3, -0.25) is 10.1 Å². The molecule has 0 aliphatic carbocycles. The first kappa shape index (κ1) is 14.8. The molecule has 0 saturated heterocycles. The van der Waals surface area contributed by atoms with Gasteiger partial charge in [0.2, 0.25) is 0 Å². The summed E-state index contributed by atoms with van der Waals surface area (Å²) in [4.78, 5) is 10.5. The SMILES string of the molecule is CCC(C)CC(C)Nc1cccc(Cl)c1[N+](=O)[O-]. The highest BCUT2D eigenvalue weighted by Gasteiger charge is 2.19. The summed E-state index contributed by atoms with van der Waals surface area (Å²) in [6.45, 7) is 6.33. The monoisotopic (exact) mass is 270 g/mol. The number of hydrogen-bond donors (Lipinski definition) is 1. The Kier molecular flexibility index (Phi) is 5.41. The molecule has 1 aromatic carbocycles. The van der Waals surface area contributed by atoms with Crippen LogP contribution in [0, 0.1) is 16.0 Å². The first-order valence-electron chi connectivity index (χ1n) is 6.15. The normalized spacial score (nSPS) is 14.0. The van der Waals surface area contributed by atoms with E-state index in [4.69, 9.17) is 11.6 Å². The second-order valence-electron chi connectivity index (χ2n) is 4.69. The largest absolute Gasteiger partial charge is 0.377 e. The third-order valence-electron chi connectivity index (χ3n) is 3.02. The summed E-state index contributed by atoms with van der Waals surface area (Å²) in [5, 5.41) is 14.3. The average Bonchev–Trinajstić information content (AvgIpc) is 2.28. The van der Waals surface area contributed by atoms with Gasteiger partial charge in [0.15, 0.2) is 0 Å².